The lowest BCUT2D eigenvalue weighted by atomic mass is 10.3. The van der Waals surface area contributed by atoms with Gasteiger partial charge in [0.15, 0.2) is 9.84 Å². The van der Waals surface area contributed by atoms with Gasteiger partial charge in [-0.3, -0.25) is 0 Å². The van der Waals surface area contributed by atoms with Crippen molar-refractivity contribution in [1.29, 1.82) is 0 Å². The van der Waals surface area contributed by atoms with Crippen molar-refractivity contribution in [2.45, 2.75) is 11.3 Å². The van der Waals surface area contributed by atoms with Gasteiger partial charge in [0.2, 0.25) is 0 Å². The van der Waals surface area contributed by atoms with Crippen LogP contribution in [-0.4, -0.2) is 35.9 Å². The summed E-state index contributed by atoms with van der Waals surface area (Å²) in [6.45, 7) is 0.174. The first-order valence-corrected chi connectivity index (χ1v) is 8.63. The number of nitrogens with zero attached hydrogens (tertiary/aromatic N) is 3. The smallest absolute Gasteiger partial charge is 0.178 e. The van der Waals surface area contributed by atoms with Gasteiger partial charge in [0, 0.05) is 0 Å². The lowest BCUT2D eigenvalue weighted by molar-refractivity contribution is 0.0882. The van der Waals surface area contributed by atoms with Gasteiger partial charge in [-0.1, -0.05) is 17.0 Å². The first kappa shape index (κ1) is 15.4. The van der Waals surface area contributed by atoms with Crippen molar-refractivity contribution in [3.8, 4) is 0 Å². The zero-order valence-electron chi connectivity index (χ0n) is 12.1. The Morgan fingerprint density at radius 3 is 2.61 bits per heavy atom. The normalized spacial score (nSPS) is 11.7. The molecule has 0 saturated carbocycles. The number of aromatic nitrogens is 3. The highest BCUT2D eigenvalue weighted by atomic mass is 32.2. The maximum atomic E-state index is 12.8. The van der Waals surface area contributed by atoms with Gasteiger partial charge in [0.25, 0.3) is 0 Å². The number of hydrogen-bond acceptors (Lipinski definition) is 5. The Balaban J connectivity index is 1.58. The van der Waals surface area contributed by atoms with Crippen molar-refractivity contribution in [3.63, 3.8) is 0 Å². The second kappa shape index (κ2) is 6.33. The highest BCUT2D eigenvalue weighted by molar-refractivity contribution is 7.91. The van der Waals surface area contributed by atoms with Crippen molar-refractivity contribution in [3.05, 3.63) is 54.3 Å². The molecule has 120 valence electrons. The van der Waals surface area contributed by atoms with Crippen LogP contribution in [0.2, 0.25) is 0 Å². The molecule has 8 heteroatoms. The van der Waals surface area contributed by atoms with Crippen molar-refractivity contribution in [2.24, 2.45) is 0 Å². The highest BCUT2D eigenvalue weighted by Crippen LogP contribution is 2.13. The maximum absolute atomic E-state index is 12.8. The third-order valence-electron chi connectivity index (χ3n) is 3.27. The molecule has 3 rings (SSSR count). The molecule has 1 aromatic heterocycles. The van der Waals surface area contributed by atoms with Gasteiger partial charge in [-0.25, -0.2) is 12.8 Å². The Morgan fingerprint density at radius 1 is 1.09 bits per heavy atom. The molecule has 6 nitrogen and oxygen atoms in total. The molecule has 1 heterocycles. The van der Waals surface area contributed by atoms with Crippen LogP contribution in [0.4, 0.5) is 4.39 Å². The number of halogens is 1. The Bertz CT molecular complexity index is 907. The number of para-hydroxylation sites is 1. The molecule has 0 unspecified atom stereocenters. The molecule has 0 fully saturated rings. The summed E-state index contributed by atoms with van der Waals surface area (Å²) >= 11 is 0. The van der Waals surface area contributed by atoms with Gasteiger partial charge in [-0.15, -0.1) is 5.10 Å². The summed E-state index contributed by atoms with van der Waals surface area (Å²) in [4.78, 5) is 6.81. The number of fused-ring (bicyclic) bond motifs is 1. The topological polar surface area (TPSA) is 74.1 Å². The van der Waals surface area contributed by atoms with E-state index in [0.717, 1.165) is 12.1 Å². The minimum absolute atomic E-state index is 0.0920. The Labute approximate surface area is 132 Å². The summed E-state index contributed by atoms with van der Waals surface area (Å²) in [5.74, 6) is -0.559. The summed E-state index contributed by atoms with van der Waals surface area (Å²) in [6, 6.07) is 12.1. The molecule has 0 bridgehead atoms. The van der Waals surface area contributed by atoms with Crippen LogP contribution in [-0.2, 0) is 9.84 Å². The lowest BCUT2D eigenvalue weighted by Crippen LogP contribution is -2.17. The predicted octanol–water partition coefficient (Wildman–Crippen LogP) is 1.86. The SMILES string of the molecule is O=S(=O)(CCCOn1nnc2ccccc21)c1ccc(F)cc1. The standard InChI is InChI=1S/C15H14FN3O3S/c16-12-6-8-13(9-7-12)23(20,21)11-3-10-22-19-15-5-2-1-4-14(15)17-18-19/h1-2,4-9H,3,10-11H2. The zero-order chi connectivity index (χ0) is 16.3. The Kier molecular flexibility index (Phi) is 4.24. The van der Waals surface area contributed by atoms with Gasteiger partial charge >= 0.3 is 0 Å². The molecule has 0 atom stereocenters. The second-order valence-electron chi connectivity index (χ2n) is 4.91. The van der Waals surface area contributed by atoms with Crippen LogP contribution in [0.25, 0.3) is 11.0 Å². The van der Waals surface area contributed by atoms with E-state index in [1.165, 1.54) is 17.0 Å². The first-order chi connectivity index (χ1) is 11.1. The van der Waals surface area contributed by atoms with Crippen LogP contribution in [0.1, 0.15) is 6.42 Å². The minimum atomic E-state index is -3.45. The van der Waals surface area contributed by atoms with E-state index in [2.05, 4.69) is 10.3 Å². The van der Waals surface area contributed by atoms with Gasteiger partial charge in [0.05, 0.1) is 10.6 Å². The Morgan fingerprint density at radius 2 is 1.83 bits per heavy atom. The van der Waals surface area contributed by atoms with Crippen molar-refractivity contribution >= 4 is 20.9 Å². The van der Waals surface area contributed by atoms with E-state index < -0.39 is 15.7 Å². The average Bonchev–Trinajstić information content (AvgIpc) is 2.95. The largest absolute Gasteiger partial charge is 0.395 e. The molecular weight excluding hydrogens is 321 g/mol. The van der Waals surface area contributed by atoms with Crippen molar-refractivity contribution in [2.75, 3.05) is 12.4 Å². The number of hydrogen-bond donors (Lipinski definition) is 0. The molecule has 0 saturated heterocycles. The number of rotatable bonds is 6. The van der Waals surface area contributed by atoms with Crippen LogP contribution in [0.5, 0.6) is 0 Å². The first-order valence-electron chi connectivity index (χ1n) is 6.98. The van der Waals surface area contributed by atoms with Crippen molar-refractivity contribution in [1.82, 2.24) is 15.2 Å². The fourth-order valence-electron chi connectivity index (χ4n) is 2.10. The minimum Gasteiger partial charge on any atom is -0.395 e. The van der Waals surface area contributed by atoms with Crippen molar-refractivity contribution < 1.29 is 17.6 Å². The second-order valence-corrected chi connectivity index (χ2v) is 7.02. The van der Waals surface area contributed by atoms with Gasteiger partial charge in [-0.2, -0.15) is 0 Å². The molecule has 0 aliphatic carbocycles. The number of benzene rings is 2. The molecule has 2 aromatic carbocycles. The zero-order valence-corrected chi connectivity index (χ0v) is 12.9. The third kappa shape index (κ3) is 3.48. The summed E-state index contributed by atoms with van der Waals surface area (Å²) < 4.78 is 37.0. The predicted molar refractivity (Wildman–Crippen MR) is 82.0 cm³/mol. The Hall–Kier alpha value is -2.48. The van der Waals surface area contributed by atoms with Crippen LogP contribution in [0, 0.1) is 5.82 Å². The molecule has 0 radical (unpaired) electrons. The highest BCUT2D eigenvalue weighted by Gasteiger charge is 2.14. The monoisotopic (exact) mass is 335 g/mol. The van der Waals surface area contributed by atoms with Crippen LogP contribution < -0.4 is 4.84 Å². The van der Waals surface area contributed by atoms with E-state index in [1.54, 1.807) is 6.07 Å². The van der Waals surface area contributed by atoms with Gasteiger partial charge in [-0.05, 0) is 48.0 Å². The summed E-state index contributed by atoms with van der Waals surface area (Å²) in [6.07, 6.45) is 0.286. The molecule has 0 amide bonds. The van der Waals surface area contributed by atoms with Crippen LogP contribution in [0.3, 0.4) is 0 Å². The van der Waals surface area contributed by atoms with E-state index in [4.69, 9.17) is 4.84 Å². The fraction of sp³-hybridized carbons (Fsp3) is 0.200. The lowest BCUT2D eigenvalue weighted by Gasteiger charge is -2.06. The van der Waals surface area contributed by atoms with E-state index in [-0.39, 0.29) is 23.7 Å². The summed E-state index contributed by atoms with van der Waals surface area (Å²) in [5.41, 5.74) is 1.42. The summed E-state index contributed by atoms with van der Waals surface area (Å²) in [5, 5.41) is 7.79. The van der Waals surface area contributed by atoms with E-state index in [9.17, 15) is 12.8 Å². The molecule has 0 aliphatic rings. The quantitative estimate of drug-likeness (QED) is 0.508. The third-order valence-corrected chi connectivity index (χ3v) is 5.08. The van der Waals surface area contributed by atoms with E-state index >= 15 is 0 Å². The van der Waals surface area contributed by atoms with Gasteiger partial charge in [0.1, 0.15) is 23.5 Å². The number of sulfone groups is 1. The van der Waals surface area contributed by atoms with Gasteiger partial charge < -0.3 is 4.84 Å². The molecule has 23 heavy (non-hydrogen) atoms. The van der Waals surface area contributed by atoms with Crippen LogP contribution >= 0.6 is 0 Å². The molecular formula is C15H14FN3O3S. The fourth-order valence-corrected chi connectivity index (χ4v) is 3.39. The molecule has 0 spiro atoms. The average molecular weight is 335 g/mol. The summed E-state index contributed by atoms with van der Waals surface area (Å²) in [7, 11) is -3.45. The molecule has 0 aliphatic heterocycles. The maximum Gasteiger partial charge on any atom is 0.178 e. The van der Waals surface area contributed by atoms with Crippen LogP contribution in [0.15, 0.2) is 53.4 Å². The van der Waals surface area contributed by atoms with E-state index in [0.29, 0.717) is 11.0 Å². The molecule has 0 N–H and O–H groups in total. The van der Waals surface area contributed by atoms with E-state index in [1.807, 2.05) is 18.2 Å². The molecule has 3 aromatic rings.